The van der Waals surface area contributed by atoms with E-state index in [4.69, 9.17) is 23.2 Å². The number of aromatic nitrogens is 2. The molecule has 1 aliphatic carbocycles. The highest BCUT2D eigenvalue weighted by atomic mass is 79.9. The zero-order valence-corrected chi connectivity index (χ0v) is 21.3. The summed E-state index contributed by atoms with van der Waals surface area (Å²) < 4.78 is 0.926. The normalized spacial score (nSPS) is 21.2. The van der Waals surface area contributed by atoms with Crippen LogP contribution < -0.4 is 10.2 Å². The van der Waals surface area contributed by atoms with Crippen molar-refractivity contribution in [2.24, 2.45) is 11.8 Å². The summed E-state index contributed by atoms with van der Waals surface area (Å²) in [6.07, 6.45) is 0.442. The molecule has 3 N–H and O–H groups in total. The van der Waals surface area contributed by atoms with E-state index in [-0.39, 0.29) is 27.5 Å². The quantitative estimate of drug-likeness (QED) is 0.388. The summed E-state index contributed by atoms with van der Waals surface area (Å²) >= 11 is 17.0. The molecule has 1 aliphatic heterocycles. The third-order valence-corrected chi connectivity index (χ3v) is 9.11. The number of aromatic carboxylic acids is 1. The van der Waals surface area contributed by atoms with Gasteiger partial charge in [-0.2, -0.15) is 0 Å². The van der Waals surface area contributed by atoms with Gasteiger partial charge in [0.05, 0.1) is 15.7 Å². The molecule has 0 spiro atoms. The number of carboxylic acid groups (broad SMARTS) is 1. The Hall–Kier alpha value is -2.07. The number of nitrogens with one attached hydrogen (secondary N) is 2. The number of carbonyl (C=O) groups excluding carboxylic acids is 1. The van der Waals surface area contributed by atoms with Gasteiger partial charge in [0.2, 0.25) is 0 Å². The molecular weight excluding hydrogens is 551 g/mol. The summed E-state index contributed by atoms with van der Waals surface area (Å²) in [5, 5.41) is 14.0. The molecule has 0 bridgehead atoms. The molecule has 5 rings (SSSR count). The second-order valence-corrected chi connectivity index (χ2v) is 10.9. The molecule has 1 saturated carbocycles. The van der Waals surface area contributed by atoms with E-state index in [9.17, 15) is 14.7 Å². The Morgan fingerprint density at radius 2 is 1.97 bits per heavy atom. The van der Waals surface area contributed by atoms with Crippen molar-refractivity contribution in [3.8, 4) is 0 Å². The van der Waals surface area contributed by atoms with E-state index in [2.05, 4.69) is 36.1 Å². The van der Waals surface area contributed by atoms with Gasteiger partial charge in [-0.1, -0.05) is 68.7 Å². The van der Waals surface area contributed by atoms with Crippen molar-refractivity contribution in [2.75, 3.05) is 18.0 Å². The van der Waals surface area contributed by atoms with Crippen LogP contribution in [0.1, 0.15) is 37.1 Å². The SMILES string of the molecule is Cc1[nH]c(C(=O)N[C@@H]2[C@@H]3CN(c4nc(Cc5ccccc5Br)c(C(=O)O)s4)C[C@@H]32)c(Cl)c1Cl. The van der Waals surface area contributed by atoms with Gasteiger partial charge in [-0.15, -0.1) is 0 Å². The topological polar surface area (TPSA) is 98.3 Å². The number of H-pyrrole nitrogens is 1. The Labute approximate surface area is 212 Å². The van der Waals surface area contributed by atoms with Crippen molar-refractivity contribution in [3.05, 3.63) is 66.3 Å². The van der Waals surface area contributed by atoms with E-state index in [1.807, 2.05) is 24.3 Å². The third kappa shape index (κ3) is 4.16. The summed E-state index contributed by atoms with van der Waals surface area (Å²) in [6, 6.07) is 7.79. The Morgan fingerprint density at radius 3 is 2.58 bits per heavy atom. The number of thiazole rings is 1. The maximum atomic E-state index is 12.6. The number of carbonyl (C=O) groups is 2. The fraction of sp³-hybridized carbons (Fsp3) is 0.318. The Kier molecular flexibility index (Phi) is 5.93. The van der Waals surface area contributed by atoms with Crippen LogP contribution in [-0.2, 0) is 6.42 Å². The van der Waals surface area contributed by atoms with Crippen molar-refractivity contribution in [1.29, 1.82) is 0 Å². The van der Waals surface area contributed by atoms with Gasteiger partial charge in [0, 0.05) is 47.6 Å². The lowest BCUT2D eigenvalue weighted by Gasteiger charge is -2.19. The van der Waals surface area contributed by atoms with Crippen molar-refractivity contribution >= 4 is 67.5 Å². The molecule has 1 amide bonds. The number of benzene rings is 1. The van der Waals surface area contributed by atoms with Gasteiger partial charge >= 0.3 is 5.97 Å². The molecule has 2 fully saturated rings. The van der Waals surface area contributed by atoms with Gasteiger partial charge in [0.1, 0.15) is 10.6 Å². The number of piperidine rings is 1. The van der Waals surface area contributed by atoms with Crippen LogP contribution in [0.5, 0.6) is 0 Å². The minimum Gasteiger partial charge on any atom is -0.477 e. The van der Waals surface area contributed by atoms with Crippen LogP contribution in [-0.4, -0.2) is 46.1 Å². The number of amides is 1. The molecule has 172 valence electrons. The summed E-state index contributed by atoms with van der Waals surface area (Å²) in [5.41, 5.74) is 2.49. The molecule has 7 nitrogen and oxygen atoms in total. The van der Waals surface area contributed by atoms with Gasteiger partial charge in [0.15, 0.2) is 5.13 Å². The lowest BCUT2D eigenvalue weighted by molar-refractivity contribution is 0.0700. The van der Waals surface area contributed by atoms with Crippen LogP contribution in [0.15, 0.2) is 28.7 Å². The molecule has 33 heavy (non-hydrogen) atoms. The summed E-state index contributed by atoms with van der Waals surface area (Å²) in [6.45, 7) is 3.20. The van der Waals surface area contributed by atoms with Crippen LogP contribution in [0.4, 0.5) is 5.13 Å². The Balaban J connectivity index is 1.26. The minimum absolute atomic E-state index is 0.0610. The first-order chi connectivity index (χ1) is 15.7. The van der Waals surface area contributed by atoms with Gasteiger partial charge in [-0.05, 0) is 18.6 Å². The second-order valence-electron chi connectivity index (χ2n) is 8.33. The third-order valence-electron chi connectivity index (χ3n) is 6.24. The lowest BCUT2D eigenvalue weighted by Crippen LogP contribution is -2.34. The van der Waals surface area contributed by atoms with E-state index in [0.29, 0.717) is 39.8 Å². The number of nitrogens with zero attached hydrogens (tertiary/aromatic N) is 2. The van der Waals surface area contributed by atoms with Crippen LogP contribution >= 0.6 is 50.5 Å². The molecule has 3 aromatic rings. The number of carboxylic acids is 1. The molecule has 1 saturated heterocycles. The lowest BCUT2D eigenvalue weighted by atomic mass is 10.1. The fourth-order valence-electron chi connectivity index (χ4n) is 4.43. The van der Waals surface area contributed by atoms with Gasteiger partial charge in [0.25, 0.3) is 5.91 Å². The first-order valence-electron chi connectivity index (χ1n) is 10.3. The van der Waals surface area contributed by atoms with Crippen LogP contribution in [0.2, 0.25) is 10.0 Å². The molecule has 3 atom stereocenters. The van der Waals surface area contributed by atoms with E-state index in [0.717, 1.165) is 23.1 Å². The number of anilines is 1. The highest BCUT2D eigenvalue weighted by Gasteiger charge is 2.57. The van der Waals surface area contributed by atoms with Crippen molar-refractivity contribution in [3.63, 3.8) is 0 Å². The smallest absolute Gasteiger partial charge is 0.347 e. The van der Waals surface area contributed by atoms with Gasteiger partial charge < -0.3 is 20.3 Å². The predicted molar refractivity (Wildman–Crippen MR) is 132 cm³/mol. The summed E-state index contributed by atoms with van der Waals surface area (Å²) in [7, 11) is 0. The number of halogens is 3. The van der Waals surface area contributed by atoms with E-state index < -0.39 is 5.97 Å². The van der Waals surface area contributed by atoms with Crippen molar-refractivity contribution in [2.45, 2.75) is 19.4 Å². The molecule has 2 aromatic heterocycles. The average molecular weight is 570 g/mol. The Morgan fingerprint density at radius 1 is 1.27 bits per heavy atom. The highest BCUT2D eigenvalue weighted by molar-refractivity contribution is 9.10. The molecule has 0 unspecified atom stereocenters. The molecular formula is C22H19BrCl2N4O3S. The van der Waals surface area contributed by atoms with Crippen LogP contribution in [0.25, 0.3) is 0 Å². The first kappa shape index (κ1) is 22.7. The molecule has 3 heterocycles. The number of rotatable bonds is 6. The van der Waals surface area contributed by atoms with Crippen LogP contribution in [0.3, 0.4) is 0 Å². The number of fused-ring (bicyclic) bond motifs is 1. The molecule has 11 heteroatoms. The summed E-state index contributed by atoms with van der Waals surface area (Å²) in [5.74, 6) is -0.641. The maximum absolute atomic E-state index is 12.6. The highest BCUT2D eigenvalue weighted by Crippen LogP contribution is 2.48. The monoisotopic (exact) mass is 568 g/mol. The van der Waals surface area contributed by atoms with Crippen LogP contribution in [0, 0.1) is 18.8 Å². The summed E-state index contributed by atoms with van der Waals surface area (Å²) in [4.78, 5) is 34.4. The average Bonchev–Trinajstić information content (AvgIpc) is 3.14. The van der Waals surface area contributed by atoms with Gasteiger partial charge in [-0.25, -0.2) is 9.78 Å². The number of hydrogen-bond acceptors (Lipinski definition) is 5. The number of aryl methyl sites for hydroxylation is 1. The van der Waals surface area contributed by atoms with Gasteiger partial charge in [-0.3, -0.25) is 4.79 Å². The largest absolute Gasteiger partial charge is 0.477 e. The minimum atomic E-state index is -0.966. The number of aromatic amines is 1. The standard InChI is InChI=1S/C22H19BrCl2N4O3S/c1-9-15(24)16(25)18(26-9)20(30)28-17-11-7-29(8-12(11)17)22-27-14(19(33-22)21(31)32)6-10-4-2-3-5-13(10)23/h2-5,11-12,17,26H,6-8H2,1H3,(H,28,30)(H,31,32)/t11-,12+,17-. The van der Waals surface area contributed by atoms with E-state index in [1.54, 1.807) is 6.92 Å². The zero-order chi connectivity index (χ0) is 23.4. The zero-order valence-electron chi connectivity index (χ0n) is 17.4. The Bertz CT molecular complexity index is 1260. The van der Waals surface area contributed by atoms with E-state index in [1.165, 1.54) is 11.3 Å². The second kappa shape index (κ2) is 8.61. The fourth-order valence-corrected chi connectivity index (χ4v) is 6.21. The molecule has 2 aliphatic rings. The maximum Gasteiger partial charge on any atom is 0.347 e. The molecule has 0 radical (unpaired) electrons. The first-order valence-corrected chi connectivity index (χ1v) is 12.7. The van der Waals surface area contributed by atoms with E-state index >= 15 is 0 Å². The molecule has 1 aromatic carbocycles. The van der Waals surface area contributed by atoms with Crippen molar-refractivity contribution in [1.82, 2.24) is 15.3 Å². The predicted octanol–water partition coefficient (Wildman–Crippen LogP) is 5.00. The number of hydrogen-bond donors (Lipinski definition) is 3. The van der Waals surface area contributed by atoms with Crippen molar-refractivity contribution < 1.29 is 14.7 Å².